The Morgan fingerprint density at radius 3 is 2.68 bits per heavy atom. The first-order valence-electron chi connectivity index (χ1n) is 10.5. The number of nitrogens with one attached hydrogen (secondary N) is 1. The van der Waals surface area contributed by atoms with Crippen LogP contribution in [0.5, 0.6) is 5.75 Å². The Kier molecular flexibility index (Phi) is 5.55. The van der Waals surface area contributed by atoms with Crippen molar-refractivity contribution in [3.8, 4) is 5.75 Å². The van der Waals surface area contributed by atoms with Crippen LogP contribution in [0.2, 0.25) is 0 Å². The van der Waals surface area contributed by atoms with Gasteiger partial charge < -0.3 is 19.7 Å². The Morgan fingerprint density at radius 1 is 1.19 bits per heavy atom. The maximum Gasteiger partial charge on any atom is 0.295 e. The van der Waals surface area contributed by atoms with E-state index in [-0.39, 0.29) is 11.3 Å². The number of fused-ring (bicyclic) bond motifs is 1. The van der Waals surface area contributed by atoms with Gasteiger partial charge in [-0.25, -0.2) is 0 Å². The maximum atomic E-state index is 13.1. The lowest BCUT2D eigenvalue weighted by molar-refractivity contribution is -0.139. The van der Waals surface area contributed by atoms with Crippen molar-refractivity contribution < 1.29 is 19.4 Å². The molecule has 1 aromatic heterocycles. The largest absolute Gasteiger partial charge is 0.507 e. The molecule has 6 nitrogen and oxygen atoms in total. The molecule has 2 aromatic carbocycles. The van der Waals surface area contributed by atoms with Crippen molar-refractivity contribution in [2.75, 3.05) is 13.7 Å². The average Bonchev–Trinajstić information content (AvgIpc) is 3.30. The standard InChI is InChI=1S/C25H26N2O4/c1-4-5-12-27-22(18-14-26-19-9-7-6-8-17(18)19)21(24(29)25(27)30)23(28)16-10-11-20(31-3)15(2)13-16/h6-11,13-14,22,26,28H,4-5,12H2,1-3H3/b23-21+. The van der Waals surface area contributed by atoms with Crippen LogP contribution in [0.15, 0.2) is 54.2 Å². The van der Waals surface area contributed by atoms with Crippen molar-refractivity contribution in [1.82, 2.24) is 9.88 Å². The van der Waals surface area contributed by atoms with Gasteiger partial charge in [0.05, 0.1) is 18.7 Å². The molecule has 1 aliphatic rings. The van der Waals surface area contributed by atoms with E-state index in [1.54, 1.807) is 30.2 Å². The topological polar surface area (TPSA) is 82.6 Å². The van der Waals surface area contributed by atoms with Gasteiger partial charge in [-0.2, -0.15) is 0 Å². The lowest BCUT2D eigenvalue weighted by atomic mass is 9.94. The number of aryl methyl sites for hydroxylation is 1. The third-order valence-corrected chi connectivity index (χ3v) is 5.88. The Bertz CT molecular complexity index is 1190. The summed E-state index contributed by atoms with van der Waals surface area (Å²) in [6.45, 7) is 4.35. The highest BCUT2D eigenvalue weighted by Crippen LogP contribution is 2.42. The average molecular weight is 418 g/mol. The summed E-state index contributed by atoms with van der Waals surface area (Å²) in [6.07, 6.45) is 3.49. The van der Waals surface area contributed by atoms with E-state index in [0.717, 1.165) is 34.9 Å². The van der Waals surface area contributed by atoms with E-state index in [9.17, 15) is 14.7 Å². The van der Waals surface area contributed by atoms with Crippen LogP contribution < -0.4 is 4.74 Å². The molecule has 160 valence electrons. The fourth-order valence-electron chi connectivity index (χ4n) is 4.26. The van der Waals surface area contributed by atoms with E-state index in [1.807, 2.05) is 44.3 Å². The van der Waals surface area contributed by atoms with E-state index in [2.05, 4.69) is 4.98 Å². The van der Waals surface area contributed by atoms with Crippen LogP contribution in [0.4, 0.5) is 0 Å². The second kappa shape index (κ2) is 8.30. The zero-order valence-corrected chi connectivity index (χ0v) is 17.9. The van der Waals surface area contributed by atoms with Crippen molar-refractivity contribution in [3.05, 3.63) is 70.9 Å². The molecule has 0 saturated carbocycles. The van der Waals surface area contributed by atoms with Crippen LogP contribution in [-0.4, -0.2) is 40.3 Å². The summed E-state index contributed by atoms with van der Waals surface area (Å²) >= 11 is 0. The summed E-state index contributed by atoms with van der Waals surface area (Å²) in [7, 11) is 1.58. The summed E-state index contributed by atoms with van der Waals surface area (Å²) in [5.74, 6) is -0.709. The number of hydrogen-bond acceptors (Lipinski definition) is 4. The minimum Gasteiger partial charge on any atom is -0.507 e. The predicted octanol–water partition coefficient (Wildman–Crippen LogP) is 4.71. The molecule has 0 aliphatic carbocycles. The van der Waals surface area contributed by atoms with Crippen molar-refractivity contribution in [2.45, 2.75) is 32.7 Å². The van der Waals surface area contributed by atoms with Gasteiger partial charge in [0.2, 0.25) is 0 Å². The Morgan fingerprint density at radius 2 is 1.97 bits per heavy atom. The normalized spacial score (nSPS) is 18.2. The number of rotatable bonds is 6. The molecule has 1 fully saturated rings. The summed E-state index contributed by atoms with van der Waals surface area (Å²) in [5.41, 5.74) is 3.15. The van der Waals surface area contributed by atoms with Crippen LogP contribution in [0.25, 0.3) is 16.7 Å². The van der Waals surface area contributed by atoms with Crippen molar-refractivity contribution in [2.24, 2.45) is 0 Å². The summed E-state index contributed by atoms with van der Waals surface area (Å²) in [4.78, 5) is 30.9. The van der Waals surface area contributed by atoms with Crippen molar-refractivity contribution in [3.63, 3.8) is 0 Å². The quantitative estimate of drug-likeness (QED) is 0.345. The number of aliphatic hydroxyl groups is 1. The van der Waals surface area contributed by atoms with Gasteiger partial charge in [-0.3, -0.25) is 9.59 Å². The fraction of sp³-hybridized carbons (Fsp3) is 0.280. The van der Waals surface area contributed by atoms with Crippen LogP contribution in [0, 0.1) is 6.92 Å². The monoisotopic (exact) mass is 418 g/mol. The molecular formula is C25H26N2O4. The molecule has 0 spiro atoms. The molecular weight excluding hydrogens is 392 g/mol. The number of aliphatic hydroxyl groups excluding tert-OH is 1. The number of H-pyrrole nitrogens is 1. The first kappa shape index (κ1) is 20.7. The van der Waals surface area contributed by atoms with E-state index in [1.165, 1.54) is 0 Å². The van der Waals surface area contributed by atoms with Gasteiger partial charge in [-0.05, 0) is 43.2 Å². The van der Waals surface area contributed by atoms with E-state index in [4.69, 9.17) is 4.74 Å². The van der Waals surface area contributed by atoms with Crippen LogP contribution in [0.1, 0.15) is 42.5 Å². The lowest BCUT2D eigenvalue weighted by Crippen LogP contribution is -2.30. The predicted molar refractivity (Wildman–Crippen MR) is 120 cm³/mol. The van der Waals surface area contributed by atoms with Gasteiger partial charge in [0, 0.05) is 34.8 Å². The molecule has 1 unspecified atom stereocenters. The number of Topliss-reactive ketones (excluding diaryl/α,β-unsaturated/α-hetero) is 1. The van der Waals surface area contributed by atoms with Gasteiger partial charge in [0.15, 0.2) is 0 Å². The molecule has 4 rings (SSSR count). The number of nitrogens with zero attached hydrogens (tertiary/aromatic N) is 1. The number of para-hydroxylation sites is 1. The van der Waals surface area contributed by atoms with Gasteiger partial charge in [0.1, 0.15) is 11.5 Å². The first-order chi connectivity index (χ1) is 15.0. The number of carbonyl (C=O) groups is 2. The number of amides is 1. The molecule has 31 heavy (non-hydrogen) atoms. The number of ether oxygens (including phenoxy) is 1. The Labute approximate surface area is 181 Å². The number of likely N-dealkylation sites (tertiary alicyclic amines) is 1. The van der Waals surface area contributed by atoms with Gasteiger partial charge in [0.25, 0.3) is 11.7 Å². The third kappa shape index (κ3) is 3.48. The maximum absolute atomic E-state index is 13.1. The molecule has 0 radical (unpaired) electrons. The SMILES string of the molecule is CCCCN1C(=O)C(=O)/C(=C(/O)c2ccc(OC)c(C)c2)C1c1c[nH]c2ccccc12. The Hall–Kier alpha value is -3.54. The number of ketones is 1. The zero-order chi connectivity index (χ0) is 22.1. The minimum absolute atomic E-state index is 0.121. The number of benzene rings is 2. The number of unbranched alkanes of at least 4 members (excludes halogenated alkanes) is 1. The molecule has 2 N–H and O–H groups in total. The van der Waals surface area contributed by atoms with E-state index in [0.29, 0.717) is 17.9 Å². The molecule has 1 amide bonds. The van der Waals surface area contributed by atoms with Gasteiger partial charge in [-0.1, -0.05) is 31.5 Å². The summed E-state index contributed by atoms with van der Waals surface area (Å²) in [5, 5.41) is 12.1. The van der Waals surface area contributed by atoms with Crippen molar-refractivity contribution in [1.29, 1.82) is 0 Å². The van der Waals surface area contributed by atoms with Crippen LogP contribution >= 0.6 is 0 Å². The fourth-order valence-corrected chi connectivity index (χ4v) is 4.26. The summed E-state index contributed by atoms with van der Waals surface area (Å²) in [6, 6.07) is 12.3. The molecule has 2 heterocycles. The molecule has 6 heteroatoms. The van der Waals surface area contributed by atoms with Crippen LogP contribution in [-0.2, 0) is 9.59 Å². The second-order valence-electron chi connectivity index (χ2n) is 7.82. The van der Waals surface area contributed by atoms with E-state index < -0.39 is 17.7 Å². The number of aromatic nitrogens is 1. The lowest BCUT2D eigenvalue weighted by Gasteiger charge is -2.24. The van der Waals surface area contributed by atoms with E-state index >= 15 is 0 Å². The third-order valence-electron chi connectivity index (χ3n) is 5.88. The number of aromatic amines is 1. The first-order valence-corrected chi connectivity index (χ1v) is 10.5. The van der Waals surface area contributed by atoms with Crippen molar-refractivity contribution >= 4 is 28.4 Å². The molecule has 0 bridgehead atoms. The van der Waals surface area contributed by atoms with Gasteiger partial charge in [-0.15, -0.1) is 0 Å². The molecule has 1 aliphatic heterocycles. The number of carbonyl (C=O) groups excluding carboxylic acids is 2. The Balaban J connectivity index is 1.91. The highest BCUT2D eigenvalue weighted by atomic mass is 16.5. The smallest absolute Gasteiger partial charge is 0.295 e. The zero-order valence-electron chi connectivity index (χ0n) is 17.9. The number of methoxy groups -OCH3 is 1. The van der Waals surface area contributed by atoms with Gasteiger partial charge >= 0.3 is 0 Å². The highest BCUT2D eigenvalue weighted by molar-refractivity contribution is 6.46. The molecule has 1 atom stereocenters. The molecule has 1 saturated heterocycles. The summed E-state index contributed by atoms with van der Waals surface area (Å²) < 4.78 is 5.30. The molecule has 3 aromatic rings. The minimum atomic E-state index is -0.655. The second-order valence-corrected chi connectivity index (χ2v) is 7.82. The highest BCUT2D eigenvalue weighted by Gasteiger charge is 2.46. The van der Waals surface area contributed by atoms with Crippen LogP contribution in [0.3, 0.4) is 0 Å². The number of hydrogen-bond donors (Lipinski definition) is 2.